The van der Waals surface area contributed by atoms with Crippen LogP contribution in [0.1, 0.15) is 335 Å². The van der Waals surface area contributed by atoms with Crippen molar-refractivity contribution < 1.29 is 49.3 Å². The van der Waals surface area contributed by atoms with E-state index in [4.69, 9.17) is 14.2 Å². The van der Waals surface area contributed by atoms with Crippen molar-refractivity contribution in [3.63, 3.8) is 0 Å². The lowest BCUT2D eigenvalue weighted by Crippen LogP contribution is -2.60. The minimum atomic E-state index is -1.57. The van der Waals surface area contributed by atoms with Crippen LogP contribution < -0.4 is 5.32 Å². The summed E-state index contributed by atoms with van der Waals surface area (Å²) in [6, 6.07) is -0.807. The van der Waals surface area contributed by atoms with Gasteiger partial charge in [-0.25, -0.2) is 0 Å². The molecule has 7 atom stereocenters. The lowest BCUT2D eigenvalue weighted by Gasteiger charge is -2.40. The van der Waals surface area contributed by atoms with Crippen LogP contribution in [0.5, 0.6) is 0 Å². The molecule has 6 N–H and O–H groups in total. The zero-order valence-corrected chi connectivity index (χ0v) is 50.5. The molecule has 77 heavy (non-hydrogen) atoms. The van der Waals surface area contributed by atoms with Crippen LogP contribution in [-0.4, -0.2) is 100 Å². The van der Waals surface area contributed by atoms with Crippen LogP contribution in [0.3, 0.4) is 0 Å². The molecule has 1 heterocycles. The topological polar surface area (TPSA) is 175 Å². The Bertz CT molecular complexity index is 1280. The predicted molar refractivity (Wildman–Crippen MR) is 320 cm³/mol. The van der Waals surface area contributed by atoms with E-state index in [0.717, 1.165) is 57.8 Å². The van der Waals surface area contributed by atoms with Gasteiger partial charge in [0.25, 0.3) is 0 Å². The van der Waals surface area contributed by atoms with Gasteiger partial charge in [-0.05, 0) is 32.1 Å². The van der Waals surface area contributed by atoms with Gasteiger partial charge in [0.05, 0.1) is 32.0 Å². The molecule has 0 bridgehead atoms. The first-order chi connectivity index (χ1) is 37.7. The second-order valence-electron chi connectivity index (χ2n) is 23.5. The molecule has 1 rings (SSSR count). The van der Waals surface area contributed by atoms with Crippen molar-refractivity contribution in [1.82, 2.24) is 5.32 Å². The number of esters is 1. The maximum Gasteiger partial charge on any atom is 0.305 e. The van der Waals surface area contributed by atoms with Crippen molar-refractivity contribution in [2.24, 2.45) is 0 Å². The van der Waals surface area contributed by atoms with Crippen molar-refractivity contribution in [2.75, 3.05) is 19.8 Å². The minimum Gasteiger partial charge on any atom is -0.466 e. The fourth-order valence-electron chi connectivity index (χ4n) is 10.8. The number of carbonyl (C=O) groups excluding carboxylic acids is 2. The van der Waals surface area contributed by atoms with Crippen LogP contribution in [0.15, 0.2) is 12.2 Å². The van der Waals surface area contributed by atoms with Gasteiger partial charge >= 0.3 is 5.97 Å². The molecule has 1 saturated heterocycles. The summed E-state index contributed by atoms with van der Waals surface area (Å²) in [5.41, 5.74) is 0. The third-order valence-electron chi connectivity index (χ3n) is 16.2. The van der Waals surface area contributed by atoms with Crippen molar-refractivity contribution in [3.05, 3.63) is 12.2 Å². The number of hydrogen-bond donors (Lipinski definition) is 6. The lowest BCUT2D eigenvalue weighted by atomic mass is 9.99. The molecule has 0 saturated carbocycles. The summed E-state index contributed by atoms with van der Waals surface area (Å²) < 4.78 is 16.7. The summed E-state index contributed by atoms with van der Waals surface area (Å²) in [6.45, 7) is 4.37. The fourth-order valence-corrected chi connectivity index (χ4v) is 10.8. The Kier molecular flexibility index (Phi) is 53.6. The van der Waals surface area contributed by atoms with Crippen LogP contribution in [0.2, 0.25) is 0 Å². The average molecular weight is 1090 g/mol. The molecule has 11 nitrogen and oxygen atoms in total. The molecule has 0 aromatic carbocycles. The SMILES string of the molecule is CCCCCCCCCCCCC/C=C/C(O)C(COC1OC(CO)C(O)C(O)C1O)NC(=O)CCCCCCCCCCCCCCCCCCCCCCCCCCCOC(=O)CCCCCCCCCCCCC. The van der Waals surface area contributed by atoms with Gasteiger partial charge in [0.15, 0.2) is 6.29 Å². The summed E-state index contributed by atoms with van der Waals surface area (Å²) in [4.78, 5) is 25.1. The highest BCUT2D eigenvalue weighted by Crippen LogP contribution is 2.23. The minimum absolute atomic E-state index is 0.00622. The number of unbranched alkanes of at least 4 members (excludes halogenated alkanes) is 45. The number of ether oxygens (including phenoxy) is 3. The molecule has 456 valence electrons. The first-order valence-electron chi connectivity index (χ1n) is 33.5. The van der Waals surface area contributed by atoms with E-state index >= 15 is 0 Å². The van der Waals surface area contributed by atoms with Gasteiger partial charge in [-0.3, -0.25) is 9.59 Å². The highest BCUT2D eigenvalue weighted by atomic mass is 16.7. The molecular weight excluding hydrogens is 967 g/mol. The Morgan fingerprint density at radius 2 is 0.818 bits per heavy atom. The monoisotopic (exact) mass is 1090 g/mol. The summed E-state index contributed by atoms with van der Waals surface area (Å²) in [7, 11) is 0. The van der Waals surface area contributed by atoms with Gasteiger partial charge in [0, 0.05) is 12.8 Å². The first-order valence-corrected chi connectivity index (χ1v) is 33.5. The molecule has 1 aliphatic heterocycles. The first kappa shape index (κ1) is 73.4. The lowest BCUT2D eigenvalue weighted by molar-refractivity contribution is -0.302. The van der Waals surface area contributed by atoms with E-state index in [1.165, 1.54) is 250 Å². The Hall–Kier alpha value is -1.60. The third kappa shape index (κ3) is 45.7. The highest BCUT2D eigenvalue weighted by Gasteiger charge is 2.44. The number of aliphatic hydroxyl groups is 5. The standard InChI is InChI=1S/C66H127NO10/c1-3-5-7-9-11-13-15-29-33-36-40-44-48-52-59(69)58(57-76-66-65(74)64(73)63(72)60(56-68)77-66)67-61(70)53-49-45-41-37-34-30-27-25-23-21-19-17-16-18-20-22-24-26-28-31-35-39-43-47-51-55-75-62(71)54-50-46-42-38-32-14-12-10-8-6-4-2/h48,52,58-60,63-66,68-69,72-74H,3-47,49-51,53-57H2,1-2H3,(H,67,70)/b52-48+. The van der Waals surface area contributed by atoms with Gasteiger partial charge in [-0.15, -0.1) is 0 Å². The number of aliphatic hydroxyl groups excluding tert-OH is 5. The van der Waals surface area contributed by atoms with Gasteiger partial charge < -0.3 is 45.1 Å². The van der Waals surface area contributed by atoms with E-state index in [1.54, 1.807) is 6.08 Å². The van der Waals surface area contributed by atoms with Crippen molar-refractivity contribution in [1.29, 1.82) is 0 Å². The number of carbonyl (C=O) groups is 2. The largest absolute Gasteiger partial charge is 0.466 e. The predicted octanol–water partition coefficient (Wildman–Crippen LogP) is 16.3. The van der Waals surface area contributed by atoms with Crippen molar-refractivity contribution >= 4 is 11.9 Å². The molecule has 0 aromatic rings. The Balaban J connectivity index is 2.00. The maximum atomic E-state index is 13.1. The molecule has 0 aliphatic carbocycles. The molecule has 0 aromatic heterocycles. The molecule has 0 radical (unpaired) electrons. The van der Waals surface area contributed by atoms with Crippen molar-refractivity contribution in [2.45, 2.75) is 378 Å². The molecular formula is C66H127NO10. The second kappa shape index (κ2) is 56.3. The van der Waals surface area contributed by atoms with Gasteiger partial charge in [0.2, 0.25) is 5.91 Å². The molecule has 1 aliphatic rings. The summed E-state index contributed by atoms with van der Waals surface area (Å²) in [5.74, 6) is -0.171. The molecule has 1 fully saturated rings. The van der Waals surface area contributed by atoms with E-state index in [-0.39, 0.29) is 18.5 Å². The van der Waals surface area contributed by atoms with Crippen molar-refractivity contribution in [3.8, 4) is 0 Å². The van der Waals surface area contributed by atoms with Crippen LogP contribution in [0, 0.1) is 0 Å². The highest BCUT2D eigenvalue weighted by molar-refractivity contribution is 5.76. The van der Waals surface area contributed by atoms with Crippen LogP contribution >= 0.6 is 0 Å². The number of nitrogens with one attached hydrogen (secondary N) is 1. The van der Waals surface area contributed by atoms with Gasteiger partial charge in [-0.1, -0.05) is 302 Å². The van der Waals surface area contributed by atoms with E-state index < -0.39 is 49.5 Å². The van der Waals surface area contributed by atoms with Gasteiger partial charge in [-0.2, -0.15) is 0 Å². The Morgan fingerprint density at radius 3 is 1.21 bits per heavy atom. The van der Waals surface area contributed by atoms with E-state index in [1.807, 2.05) is 6.08 Å². The van der Waals surface area contributed by atoms with Crippen LogP contribution in [-0.2, 0) is 23.8 Å². The molecule has 0 spiro atoms. The smallest absolute Gasteiger partial charge is 0.305 e. The van der Waals surface area contributed by atoms with Crippen LogP contribution in [0.25, 0.3) is 0 Å². The number of hydrogen-bond acceptors (Lipinski definition) is 10. The molecule has 1 amide bonds. The number of amides is 1. The summed E-state index contributed by atoms with van der Waals surface area (Å²) >= 11 is 0. The fraction of sp³-hybridized carbons (Fsp3) is 0.939. The zero-order chi connectivity index (χ0) is 55.9. The number of allylic oxidation sites excluding steroid dienone is 1. The molecule has 7 unspecified atom stereocenters. The molecule has 11 heteroatoms. The van der Waals surface area contributed by atoms with Gasteiger partial charge in [0.1, 0.15) is 24.4 Å². The average Bonchev–Trinajstić information content (AvgIpc) is 3.43. The Labute approximate surface area is 474 Å². The summed E-state index contributed by atoms with van der Waals surface area (Å²) in [6.07, 6.45) is 57.5. The third-order valence-corrected chi connectivity index (χ3v) is 16.2. The quantitative estimate of drug-likeness (QED) is 0.0195. The van der Waals surface area contributed by atoms with Crippen LogP contribution in [0.4, 0.5) is 0 Å². The van der Waals surface area contributed by atoms with E-state index in [0.29, 0.717) is 19.4 Å². The Morgan fingerprint density at radius 1 is 0.468 bits per heavy atom. The van der Waals surface area contributed by atoms with E-state index in [2.05, 4.69) is 19.2 Å². The normalized spacial score (nSPS) is 18.6. The van der Waals surface area contributed by atoms with E-state index in [9.17, 15) is 35.1 Å². The second-order valence-corrected chi connectivity index (χ2v) is 23.5. The summed E-state index contributed by atoms with van der Waals surface area (Å²) in [5, 5.41) is 54.5. The number of rotatable bonds is 59. The maximum absolute atomic E-state index is 13.1. The zero-order valence-electron chi connectivity index (χ0n) is 50.5.